The molecule has 0 bridgehead atoms. The van der Waals surface area contributed by atoms with E-state index in [2.05, 4.69) is 30.8 Å². The Morgan fingerprint density at radius 1 is 1.33 bits per heavy atom. The average Bonchev–Trinajstić information content (AvgIpc) is 2.18. The van der Waals surface area contributed by atoms with E-state index < -0.39 is 0 Å². The Balaban J connectivity index is 2.19. The lowest BCUT2D eigenvalue weighted by Gasteiger charge is -2.36. The van der Waals surface area contributed by atoms with Crippen molar-refractivity contribution in [1.29, 1.82) is 0 Å². The Morgan fingerprint density at radius 3 is 2.40 bits per heavy atom. The molecule has 1 heterocycles. The first-order valence-electron chi connectivity index (χ1n) is 6.20. The largest absolute Gasteiger partial charge is 0.392 e. The molecule has 0 aromatic rings. The zero-order valence-electron chi connectivity index (χ0n) is 10.4. The van der Waals surface area contributed by atoms with Gasteiger partial charge >= 0.3 is 0 Å². The van der Waals surface area contributed by atoms with Gasteiger partial charge in [0.2, 0.25) is 0 Å². The summed E-state index contributed by atoms with van der Waals surface area (Å²) in [5.41, 5.74) is 0. The van der Waals surface area contributed by atoms with Crippen LogP contribution in [0.2, 0.25) is 0 Å². The molecule has 0 amide bonds. The van der Waals surface area contributed by atoms with E-state index in [-0.39, 0.29) is 6.10 Å². The van der Waals surface area contributed by atoms with Crippen LogP contribution in [0.4, 0.5) is 0 Å². The monoisotopic (exact) mass is 214 g/mol. The number of piperidine rings is 1. The van der Waals surface area contributed by atoms with Crippen molar-refractivity contribution in [3.05, 3.63) is 0 Å². The highest BCUT2D eigenvalue weighted by atomic mass is 16.3. The molecule has 1 atom stereocenters. The zero-order chi connectivity index (χ0) is 11.3. The van der Waals surface area contributed by atoms with Gasteiger partial charge in [0.1, 0.15) is 0 Å². The SMILES string of the molecule is CCCC(O)CN1CCC(N(C)C)CC1. The first-order chi connectivity index (χ1) is 7.13. The average molecular weight is 214 g/mol. The molecule has 0 radical (unpaired) electrons. The molecule has 1 fully saturated rings. The molecule has 3 nitrogen and oxygen atoms in total. The fourth-order valence-corrected chi connectivity index (χ4v) is 2.34. The molecular formula is C12H26N2O. The highest BCUT2D eigenvalue weighted by molar-refractivity contribution is 4.78. The molecule has 1 aliphatic heterocycles. The van der Waals surface area contributed by atoms with E-state index in [4.69, 9.17) is 0 Å². The highest BCUT2D eigenvalue weighted by Gasteiger charge is 2.21. The lowest BCUT2D eigenvalue weighted by atomic mass is 10.0. The van der Waals surface area contributed by atoms with Gasteiger partial charge < -0.3 is 14.9 Å². The second-order valence-corrected chi connectivity index (χ2v) is 4.94. The first kappa shape index (κ1) is 12.9. The van der Waals surface area contributed by atoms with Crippen LogP contribution in [0.25, 0.3) is 0 Å². The Labute approximate surface area is 94.1 Å². The summed E-state index contributed by atoms with van der Waals surface area (Å²) in [7, 11) is 4.32. The Morgan fingerprint density at radius 2 is 1.93 bits per heavy atom. The maximum Gasteiger partial charge on any atom is 0.0667 e. The van der Waals surface area contributed by atoms with E-state index in [0.717, 1.165) is 38.5 Å². The predicted molar refractivity (Wildman–Crippen MR) is 64.1 cm³/mol. The fraction of sp³-hybridized carbons (Fsp3) is 1.00. The van der Waals surface area contributed by atoms with E-state index in [1.807, 2.05) is 0 Å². The van der Waals surface area contributed by atoms with Crippen LogP contribution in [0.3, 0.4) is 0 Å². The molecule has 0 spiro atoms. The minimum atomic E-state index is -0.120. The second-order valence-electron chi connectivity index (χ2n) is 4.94. The van der Waals surface area contributed by atoms with Gasteiger partial charge in [-0.05, 0) is 46.4 Å². The second kappa shape index (κ2) is 6.46. The van der Waals surface area contributed by atoms with E-state index >= 15 is 0 Å². The van der Waals surface area contributed by atoms with Crippen molar-refractivity contribution in [2.45, 2.75) is 44.8 Å². The Hall–Kier alpha value is -0.120. The number of hydrogen-bond acceptors (Lipinski definition) is 3. The minimum Gasteiger partial charge on any atom is -0.392 e. The van der Waals surface area contributed by atoms with Gasteiger partial charge in [-0.1, -0.05) is 13.3 Å². The summed E-state index contributed by atoms with van der Waals surface area (Å²) in [4.78, 5) is 4.72. The van der Waals surface area contributed by atoms with E-state index in [1.165, 1.54) is 12.8 Å². The third kappa shape index (κ3) is 4.49. The van der Waals surface area contributed by atoms with Crippen molar-refractivity contribution in [1.82, 2.24) is 9.80 Å². The molecule has 1 unspecified atom stereocenters. The quantitative estimate of drug-likeness (QED) is 0.744. The van der Waals surface area contributed by atoms with Crippen LogP contribution in [0.15, 0.2) is 0 Å². The van der Waals surface area contributed by atoms with Gasteiger partial charge in [0.25, 0.3) is 0 Å². The molecule has 0 aromatic carbocycles. The van der Waals surface area contributed by atoms with Crippen molar-refractivity contribution < 1.29 is 5.11 Å². The molecule has 0 saturated carbocycles. The lowest BCUT2D eigenvalue weighted by molar-refractivity contribution is 0.0751. The van der Waals surface area contributed by atoms with Crippen LogP contribution in [0.1, 0.15) is 32.6 Å². The smallest absolute Gasteiger partial charge is 0.0667 e. The number of rotatable bonds is 5. The molecule has 15 heavy (non-hydrogen) atoms. The standard InChI is InChI=1S/C12H26N2O/c1-4-5-12(15)10-14-8-6-11(7-9-14)13(2)3/h11-12,15H,4-10H2,1-3H3. The van der Waals surface area contributed by atoms with Crippen molar-refractivity contribution in [2.24, 2.45) is 0 Å². The molecule has 0 aliphatic carbocycles. The lowest BCUT2D eigenvalue weighted by Crippen LogP contribution is -2.44. The highest BCUT2D eigenvalue weighted by Crippen LogP contribution is 2.14. The van der Waals surface area contributed by atoms with E-state index in [9.17, 15) is 5.11 Å². The van der Waals surface area contributed by atoms with E-state index in [0.29, 0.717) is 0 Å². The number of aliphatic hydroxyl groups is 1. The third-order valence-corrected chi connectivity index (χ3v) is 3.38. The van der Waals surface area contributed by atoms with Crippen LogP contribution >= 0.6 is 0 Å². The van der Waals surface area contributed by atoms with Crippen molar-refractivity contribution in [3.8, 4) is 0 Å². The molecule has 90 valence electrons. The fourth-order valence-electron chi connectivity index (χ4n) is 2.34. The molecule has 1 saturated heterocycles. The molecule has 1 rings (SSSR count). The maximum atomic E-state index is 9.72. The summed E-state index contributed by atoms with van der Waals surface area (Å²) in [6.07, 6.45) is 4.38. The number of aliphatic hydroxyl groups excluding tert-OH is 1. The summed E-state index contributed by atoms with van der Waals surface area (Å²) in [5.74, 6) is 0. The third-order valence-electron chi connectivity index (χ3n) is 3.38. The van der Waals surface area contributed by atoms with Gasteiger partial charge in [-0.3, -0.25) is 0 Å². The summed E-state index contributed by atoms with van der Waals surface area (Å²) >= 11 is 0. The van der Waals surface area contributed by atoms with E-state index in [1.54, 1.807) is 0 Å². The minimum absolute atomic E-state index is 0.120. The molecule has 0 aromatic heterocycles. The van der Waals surface area contributed by atoms with Crippen molar-refractivity contribution >= 4 is 0 Å². The molecule has 3 heteroatoms. The van der Waals surface area contributed by atoms with Crippen LogP contribution in [-0.2, 0) is 0 Å². The number of β-amino-alcohol motifs (C(OH)–C–C–N with tert-alkyl or cyclic N) is 1. The van der Waals surface area contributed by atoms with Gasteiger partial charge in [0, 0.05) is 12.6 Å². The summed E-state index contributed by atoms with van der Waals surface area (Å²) in [6.45, 7) is 5.28. The number of nitrogens with zero attached hydrogens (tertiary/aromatic N) is 2. The molecule has 1 N–H and O–H groups in total. The van der Waals surface area contributed by atoms with Gasteiger partial charge in [-0.25, -0.2) is 0 Å². The van der Waals surface area contributed by atoms with Gasteiger partial charge in [0.15, 0.2) is 0 Å². The normalized spacial score (nSPS) is 22.2. The number of hydrogen-bond donors (Lipinski definition) is 1. The Kier molecular flexibility index (Phi) is 5.58. The zero-order valence-corrected chi connectivity index (χ0v) is 10.4. The maximum absolute atomic E-state index is 9.72. The number of likely N-dealkylation sites (tertiary alicyclic amines) is 1. The van der Waals surface area contributed by atoms with Crippen LogP contribution in [-0.4, -0.2) is 60.8 Å². The van der Waals surface area contributed by atoms with Gasteiger partial charge in [0.05, 0.1) is 6.10 Å². The van der Waals surface area contributed by atoms with Crippen LogP contribution < -0.4 is 0 Å². The van der Waals surface area contributed by atoms with Gasteiger partial charge in [-0.2, -0.15) is 0 Å². The molecule has 1 aliphatic rings. The van der Waals surface area contributed by atoms with Gasteiger partial charge in [-0.15, -0.1) is 0 Å². The predicted octanol–water partition coefficient (Wildman–Crippen LogP) is 1.17. The Bertz CT molecular complexity index is 165. The summed E-state index contributed by atoms with van der Waals surface area (Å²) in [6, 6.07) is 0.740. The van der Waals surface area contributed by atoms with Crippen LogP contribution in [0, 0.1) is 0 Å². The van der Waals surface area contributed by atoms with Crippen molar-refractivity contribution in [3.63, 3.8) is 0 Å². The molecular weight excluding hydrogens is 188 g/mol. The van der Waals surface area contributed by atoms with Crippen molar-refractivity contribution in [2.75, 3.05) is 33.7 Å². The summed E-state index contributed by atoms with van der Waals surface area (Å²) in [5, 5.41) is 9.72. The topological polar surface area (TPSA) is 26.7 Å². The first-order valence-corrected chi connectivity index (χ1v) is 6.20. The summed E-state index contributed by atoms with van der Waals surface area (Å²) < 4.78 is 0. The van der Waals surface area contributed by atoms with Crippen LogP contribution in [0.5, 0.6) is 0 Å².